The molecule has 97 heavy (non-hydrogen) atoms. The first-order valence-electron chi connectivity index (χ1n) is 31.6. The van der Waals surface area contributed by atoms with Gasteiger partial charge in [0, 0.05) is 148 Å². The quantitative estimate of drug-likeness (QED) is 0.0153. The number of ether oxygens (including phenoxy) is 1. The number of imidazole rings is 1. The van der Waals surface area contributed by atoms with Crippen LogP contribution in [0.25, 0.3) is 10.9 Å². The lowest BCUT2D eigenvalue weighted by atomic mass is 10.1. The molecule has 1 aliphatic rings. The minimum Gasteiger partial charge on any atom is -0.481 e. The maximum absolute atomic E-state index is 13.9. The highest BCUT2D eigenvalue weighted by Gasteiger charge is 2.32. The number of hydrogen-bond acceptors (Lipinski definition) is 23. The van der Waals surface area contributed by atoms with Crippen molar-refractivity contribution in [1.82, 2.24) is 70.8 Å². The van der Waals surface area contributed by atoms with Crippen LogP contribution in [0.1, 0.15) is 77.6 Å². The Morgan fingerprint density at radius 1 is 0.680 bits per heavy atom. The Morgan fingerprint density at radius 3 is 1.80 bits per heavy atom. The van der Waals surface area contributed by atoms with Crippen LogP contribution in [0.5, 0.6) is 0 Å². The van der Waals surface area contributed by atoms with Gasteiger partial charge in [-0.25, -0.2) is 13.4 Å². The summed E-state index contributed by atoms with van der Waals surface area (Å²) in [5, 5.41) is 88.0. The number of β-amino-alcohol motifs (C(OH)–C–C–N with tert-alkyl or cyclic N) is 1. The number of rotatable bonds is 40. The van der Waals surface area contributed by atoms with Crippen molar-refractivity contribution in [2.75, 3.05) is 124 Å². The number of pyridine rings is 1. The van der Waals surface area contributed by atoms with Crippen LogP contribution in [-0.4, -0.2) is 274 Å². The van der Waals surface area contributed by atoms with Gasteiger partial charge in [0.1, 0.15) is 23.9 Å². The highest BCUT2D eigenvalue weighted by molar-refractivity contribution is 7.89. The van der Waals surface area contributed by atoms with Crippen LogP contribution in [-0.2, 0) is 66.2 Å². The van der Waals surface area contributed by atoms with Crippen LogP contribution in [0.3, 0.4) is 0 Å². The van der Waals surface area contributed by atoms with Crippen molar-refractivity contribution in [3.8, 4) is 0 Å². The zero-order valence-corrected chi connectivity index (χ0v) is 55.4. The van der Waals surface area contributed by atoms with Crippen molar-refractivity contribution in [1.29, 1.82) is 0 Å². The predicted molar refractivity (Wildman–Crippen MR) is 349 cm³/mol. The average Bonchev–Trinajstić information content (AvgIpc) is 0.959. The summed E-state index contributed by atoms with van der Waals surface area (Å²) in [6.07, 6.45) is 1.82. The second kappa shape index (κ2) is 40.2. The maximum Gasteiger partial charge on any atom is 0.323 e. The van der Waals surface area contributed by atoms with Gasteiger partial charge in [-0.3, -0.25) is 72.9 Å². The highest BCUT2D eigenvalue weighted by atomic mass is 32.2. The number of carbonyl (C=O) groups is 9. The molecule has 5 rings (SSSR count). The number of aliphatic hydroxyl groups excluding tert-OH is 3. The molecule has 3 heterocycles. The normalized spacial score (nSPS) is 15.2. The molecule has 2 aromatic heterocycles. The van der Waals surface area contributed by atoms with E-state index in [4.69, 9.17) is 4.74 Å². The summed E-state index contributed by atoms with van der Waals surface area (Å²) in [6, 6.07) is 3.15. The fourth-order valence-electron chi connectivity index (χ4n) is 10.6. The van der Waals surface area contributed by atoms with Crippen LogP contribution in [0.15, 0.2) is 58.6 Å². The third kappa shape index (κ3) is 27.5. The standard InChI is InChI=1S/C61H91N15O20S/c1-39-27-40(2)56(41(3)28-39)97(94,95)71-47(60(92)93)33-67-57(89)44-34-76(48-29-42(7-8-43(48)55(44)88)32-68-61-65-14-15-66-61)16-4-11-62-49(79)9-10-50(80)63-12-5-25-96-26-6-13-64-58(90)45(30-52(82)83)70-59(91)46(31-53(84)85)69-51(81)35-72-17-18-73(36-54(86)87)20-22-75(38-78)24-23-74(37-77)21-19-72/h7-8,14-15,27-29,34,45-47,51,69,71,77-78,81H,4-6,9-13,16-26,30-33,35-38H2,1-3H3,(H,62,79)(H,63,80)(H,64,90)(H,67,89)(H,70,91)(H,82,83)(H,84,85)(H,86,87)(H,92,93)(H2,65,66,68). The van der Waals surface area contributed by atoms with E-state index >= 15 is 0 Å². The third-order valence-electron chi connectivity index (χ3n) is 15.5. The number of carboxylic acids is 4. The number of carboxylic acid groups (broad SMARTS) is 4. The van der Waals surface area contributed by atoms with Crippen molar-refractivity contribution in [2.24, 2.45) is 0 Å². The average molecular weight is 1390 g/mol. The van der Waals surface area contributed by atoms with Crippen molar-refractivity contribution in [2.45, 2.75) is 108 Å². The van der Waals surface area contributed by atoms with E-state index in [-0.39, 0.29) is 140 Å². The van der Waals surface area contributed by atoms with Crippen molar-refractivity contribution in [3.63, 3.8) is 0 Å². The number of aliphatic carboxylic acids is 4. The van der Waals surface area contributed by atoms with E-state index in [0.717, 1.165) is 11.1 Å². The number of sulfonamides is 1. The second-order valence-corrected chi connectivity index (χ2v) is 25.0. The molecule has 1 saturated heterocycles. The number of aromatic amines is 1. The van der Waals surface area contributed by atoms with Crippen LogP contribution in [0.4, 0.5) is 5.95 Å². The first-order valence-corrected chi connectivity index (χ1v) is 33.0. The van der Waals surface area contributed by atoms with Crippen molar-refractivity contribution >= 4 is 80.3 Å². The summed E-state index contributed by atoms with van der Waals surface area (Å²) in [6.45, 7) is 6.51. The second-order valence-electron chi connectivity index (χ2n) is 23.3. The molecule has 35 nitrogen and oxygen atoms in total. The molecule has 4 aromatic rings. The van der Waals surface area contributed by atoms with Crippen LogP contribution in [0.2, 0.25) is 0 Å². The minimum atomic E-state index is -4.38. The van der Waals surface area contributed by atoms with Gasteiger partial charge in [-0.15, -0.1) is 0 Å². The van der Waals surface area contributed by atoms with Gasteiger partial charge >= 0.3 is 23.9 Å². The molecule has 0 saturated carbocycles. The number of hydrogen-bond donors (Lipinski definition) is 16. The SMILES string of the molecule is Cc1cc(C)c(S(=O)(=O)NC(CNC(=O)c2cn(CCCNC(=O)CCC(=O)NCCCOCCCNC(=O)C(CC(=O)O)NC(=O)C(CC(=O)O)NC(O)CN3CCN(CO)CCN(CO)CCN(CC(=O)O)CC3)c3cc(CNc4ncc[nH]4)ccc3c2=O)C(=O)O)c(C)c1. The van der Waals surface area contributed by atoms with E-state index in [1.165, 1.54) is 6.20 Å². The van der Waals surface area contributed by atoms with Gasteiger partial charge in [0.15, 0.2) is 5.95 Å². The summed E-state index contributed by atoms with van der Waals surface area (Å²) in [5.41, 5.74) is 1.76. The molecule has 0 bridgehead atoms. The Hall–Kier alpha value is -8.56. The largest absolute Gasteiger partial charge is 0.481 e. The topological polar surface area (TPSA) is 498 Å². The molecule has 1 aliphatic heterocycles. The Morgan fingerprint density at radius 2 is 1.25 bits per heavy atom. The Bertz CT molecular complexity index is 3460. The first-order chi connectivity index (χ1) is 46.2. The van der Waals surface area contributed by atoms with Gasteiger partial charge in [0.2, 0.25) is 39.1 Å². The maximum atomic E-state index is 13.9. The summed E-state index contributed by atoms with van der Waals surface area (Å²) in [4.78, 5) is 141. The van der Waals surface area contributed by atoms with Gasteiger partial charge in [0.25, 0.3) is 5.91 Å². The lowest BCUT2D eigenvalue weighted by molar-refractivity contribution is -0.143. The number of aliphatic hydroxyl groups is 3. The number of aryl methyl sites for hydroxylation is 4. The Kier molecular flexibility index (Phi) is 32.8. The molecule has 16 N–H and O–H groups in total. The molecule has 5 amide bonds. The molecule has 36 heteroatoms. The van der Waals surface area contributed by atoms with Crippen molar-refractivity contribution in [3.05, 3.63) is 87.0 Å². The van der Waals surface area contributed by atoms with E-state index in [9.17, 15) is 92.1 Å². The van der Waals surface area contributed by atoms with Gasteiger partial charge in [-0.2, -0.15) is 4.72 Å². The van der Waals surface area contributed by atoms with Gasteiger partial charge in [-0.1, -0.05) is 23.8 Å². The van der Waals surface area contributed by atoms with Gasteiger partial charge < -0.3 is 81.9 Å². The number of nitrogens with one attached hydrogen (secondary N) is 9. The first kappa shape index (κ1) is 79.1. The number of nitrogens with zero attached hydrogens (tertiary/aromatic N) is 6. The lowest BCUT2D eigenvalue weighted by Gasteiger charge is -2.34. The number of benzene rings is 2. The monoisotopic (exact) mass is 1390 g/mol. The zero-order chi connectivity index (χ0) is 71.2. The van der Waals surface area contributed by atoms with Gasteiger partial charge in [0.05, 0.1) is 49.3 Å². The van der Waals surface area contributed by atoms with Crippen LogP contribution < -0.4 is 47.4 Å². The fraction of sp³-hybridized carbons (Fsp3) is 0.557. The summed E-state index contributed by atoms with van der Waals surface area (Å²) in [5.74, 6) is -8.84. The van der Waals surface area contributed by atoms with E-state index in [1.807, 2.05) is 0 Å². The number of fused-ring (bicyclic) bond motifs is 1. The molecular weight excluding hydrogens is 1290 g/mol. The van der Waals surface area contributed by atoms with Crippen LogP contribution >= 0.6 is 0 Å². The smallest absolute Gasteiger partial charge is 0.323 e. The fourth-order valence-corrected chi connectivity index (χ4v) is 12.3. The molecule has 2 aromatic carbocycles. The highest BCUT2D eigenvalue weighted by Crippen LogP contribution is 2.22. The number of aromatic nitrogens is 3. The van der Waals surface area contributed by atoms with E-state index in [1.54, 1.807) is 87.7 Å². The lowest BCUT2D eigenvalue weighted by Crippen LogP contribution is -2.57. The minimum absolute atomic E-state index is 0.0205. The molecule has 536 valence electrons. The molecule has 0 radical (unpaired) electrons. The van der Waals surface area contributed by atoms with E-state index in [0.29, 0.717) is 55.2 Å². The predicted octanol–water partition coefficient (Wildman–Crippen LogP) is -3.34. The molecule has 4 unspecified atom stereocenters. The third-order valence-corrected chi connectivity index (χ3v) is 17.3. The molecule has 0 spiro atoms. The van der Waals surface area contributed by atoms with E-state index in [2.05, 4.69) is 51.9 Å². The Labute approximate surface area is 559 Å². The van der Waals surface area contributed by atoms with Crippen LogP contribution in [0, 0.1) is 20.8 Å². The number of H-pyrrole nitrogens is 1. The number of carbonyl (C=O) groups excluding carboxylic acids is 5. The summed E-state index contributed by atoms with van der Waals surface area (Å²) >= 11 is 0. The molecule has 0 aliphatic carbocycles. The van der Waals surface area contributed by atoms with Crippen molar-refractivity contribution < 1.29 is 92.1 Å². The Balaban J connectivity index is 1.04. The molecule has 4 atom stereocenters. The molecular formula is C61H91N15O20S. The van der Waals surface area contributed by atoms with Gasteiger partial charge in [-0.05, 0) is 68.9 Å². The molecule has 1 fully saturated rings. The zero-order valence-electron chi connectivity index (χ0n) is 54.5. The number of amides is 5. The van der Waals surface area contributed by atoms with E-state index < -0.39 is 113 Å². The summed E-state index contributed by atoms with van der Waals surface area (Å²) < 4.78 is 36.3. The summed E-state index contributed by atoms with van der Waals surface area (Å²) in [7, 11) is -4.38. The number of anilines is 1.